The summed E-state index contributed by atoms with van der Waals surface area (Å²) in [5, 5.41) is 3.77. The number of primary amides is 1. The number of carbonyl (C=O) groups is 1. The number of hydrazone groups is 1. The van der Waals surface area contributed by atoms with Crippen LogP contribution in [0, 0.1) is 0 Å². The third kappa shape index (κ3) is 5.51. The van der Waals surface area contributed by atoms with E-state index in [4.69, 9.17) is 5.73 Å². The smallest absolute Gasteiger partial charge is 0.332 e. The van der Waals surface area contributed by atoms with Crippen LogP contribution in [0.15, 0.2) is 41.0 Å². The Bertz CT molecular complexity index is 410. The second kappa shape index (κ2) is 7.22. The van der Waals surface area contributed by atoms with Crippen LogP contribution in [-0.4, -0.2) is 12.2 Å². The minimum absolute atomic E-state index is 0.656. The zero-order valence-electron chi connectivity index (χ0n) is 9.89. The van der Waals surface area contributed by atoms with Crippen LogP contribution in [-0.2, 0) is 0 Å². The number of nitrogens with one attached hydrogen (secondary N) is 1. The van der Waals surface area contributed by atoms with Crippen molar-refractivity contribution in [2.24, 2.45) is 10.8 Å². The van der Waals surface area contributed by atoms with E-state index in [1.165, 1.54) is 0 Å². The third-order valence-corrected chi connectivity index (χ3v) is 2.10. The summed E-state index contributed by atoms with van der Waals surface area (Å²) in [7, 11) is 0. The zero-order valence-corrected chi connectivity index (χ0v) is 9.89. The topological polar surface area (TPSA) is 67.5 Å². The fourth-order valence-electron chi connectivity index (χ4n) is 1.40. The first-order valence-electron chi connectivity index (χ1n) is 5.56. The van der Waals surface area contributed by atoms with Gasteiger partial charge in [0.15, 0.2) is 0 Å². The lowest BCUT2D eigenvalue weighted by atomic mass is 10.1. The fraction of sp³-hybridized carbons (Fsp3) is 0.231. The summed E-state index contributed by atoms with van der Waals surface area (Å²) in [5.41, 5.74) is 9.27. The highest BCUT2D eigenvalue weighted by atomic mass is 16.2. The number of nitrogens with two attached hydrogens (primary N) is 1. The van der Waals surface area contributed by atoms with Crippen molar-refractivity contribution < 1.29 is 4.79 Å². The Labute approximate surface area is 101 Å². The number of urea groups is 1. The molecule has 0 saturated carbocycles. The van der Waals surface area contributed by atoms with Gasteiger partial charge in [-0.1, -0.05) is 49.8 Å². The molecule has 4 heteroatoms. The predicted molar refractivity (Wildman–Crippen MR) is 70.5 cm³/mol. The van der Waals surface area contributed by atoms with Crippen LogP contribution in [0.25, 0.3) is 6.08 Å². The molecule has 0 bridgehead atoms. The summed E-state index contributed by atoms with van der Waals surface area (Å²) >= 11 is 0. The Morgan fingerprint density at radius 3 is 2.71 bits per heavy atom. The lowest BCUT2D eigenvalue weighted by Gasteiger charge is -2.00. The molecule has 0 unspecified atom stereocenters. The summed E-state index contributed by atoms with van der Waals surface area (Å²) in [5.74, 6) is 0. The van der Waals surface area contributed by atoms with E-state index in [-0.39, 0.29) is 0 Å². The van der Waals surface area contributed by atoms with E-state index in [1.807, 2.05) is 36.4 Å². The van der Waals surface area contributed by atoms with Gasteiger partial charge in [0.1, 0.15) is 0 Å². The van der Waals surface area contributed by atoms with Crippen molar-refractivity contribution in [3.05, 3.63) is 41.5 Å². The average molecular weight is 231 g/mol. The molecule has 0 saturated heterocycles. The monoisotopic (exact) mass is 231 g/mol. The van der Waals surface area contributed by atoms with Crippen molar-refractivity contribution >= 4 is 18.3 Å². The van der Waals surface area contributed by atoms with E-state index in [1.54, 1.807) is 6.21 Å². The first kappa shape index (κ1) is 13.0. The van der Waals surface area contributed by atoms with Crippen LogP contribution in [0.4, 0.5) is 4.79 Å². The van der Waals surface area contributed by atoms with Crippen LogP contribution >= 0.6 is 0 Å². The molecule has 1 rings (SSSR count). The molecule has 0 aliphatic carbocycles. The Morgan fingerprint density at radius 2 is 2.12 bits per heavy atom. The summed E-state index contributed by atoms with van der Waals surface area (Å²) in [6.45, 7) is 2.09. The number of hydrogen-bond acceptors (Lipinski definition) is 2. The average Bonchev–Trinajstić information content (AvgIpc) is 2.30. The molecule has 4 nitrogen and oxygen atoms in total. The maximum atomic E-state index is 10.5. The molecule has 0 aliphatic rings. The van der Waals surface area contributed by atoms with Crippen molar-refractivity contribution in [3.63, 3.8) is 0 Å². The molecule has 0 atom stereocenters. The van der Waals surface area contributed by atoms with Gasteiger partial charge in [0.25, 0.3) is 0 Å². The van der Waals surface area contributed by atoms with E-state index in [2.05, 4.69) is 17.5 Å². The number of hydrogen-bond donors (Lipinski definition) is 2. The number of carbonyl (C=O) groups excluding carboxylic acids is 1. The number of allylic oxidation sites excluding steroid dienone is 1. The molecule has 0 fully saturated rings. The summed E-state index contributed by atoms with van der Waals surface area (Å²) in [6.07, 6.45) is 5.58. The number of amides is 2. The SMILES string of the molecule is CCCC(C=NNC(N)=O)=Cc1ccccc1. The van der Waals surface area contributed by atoms with Gasteiger partial charge in [-0.15, -0.1) is 0 Å². The lowest BCUT2D eigenvalue weighted by Crippen LogP contribution is -2.24. The maximum absolute atomic E-state index is 10.5. The van der Waals surface area contributed by atoms with Crippen LogP contribution in [0.2, 0.25) is 0 Å². The lowest BCUT2D eigenvalue weighted by molar-refractivity contribution is 0.249. The van der Waals surface area contributed by atoms with E-state index in [0.717, 1.165) is 24.0 Å². The highest BCUT2D eigenvalue weighted by Gasteiger charge is 1.94. The van der Waals surface area contributed by atoms with Gasteiger partial charge in [-0.05, 0) is 17.6 Å². The van der Waals surface area contributed by atoms with Crippen molar-refractivity contribution in [1.82, 2.24) is 5.43 Å². The molecular weight excluding hydrogens is 214 g/mol. The molecule has 0 aliphatic heterocycles. The third-order valence-electron chi connectivity index (χ3n) is 2.10. The molecule has 17 heavy (non-hydrogen) atoms. The molecule has 0 heterocycles. The molecule has 1 aromatic carbocycles. The van der Waals surface area contributed by atoms with Crippen molar-refractivity contribution in [2.75, 3.05) is 0 Å². The van der Waals surface area contributed by atoms with Gasteiger partial charge in [0.2, 0.25) is 0 Å². The Morgan fingerprint density at radius 1 is 1.41 bits per heavy atom. The van der Waals surface area contributed by atoms with E-state index >= 15 is 0 Å². The van der Waals surface area contributed by atoms with Crippen molar-refractivity contribution in [1.29, 1.82) is 0 Å². The van der Waals surface area contributed by atoms with Gasteiger partial charge >= 0.3 is 6.03 Å². The summed E-state index contributed by atoms with van der Waals surface area (Å²) < 4.78 is 0. The second-order valence-electron chi connectivity index (χ2n) is 3.61. The van der Waals surface area contributed by atoms with E-state index < -0.39 is 6.03 Å². The first-order valence-corrected chi connectivity index (χ1v) is 5.56. The van der Waals surface area contributed by atoms with Gasteiger partial charge in [0.05, 0.1) is 6.21 Å². The van der Waals surface area contributed by atoms with Gasteiger partial charge in [-0.25, -0.2) is 10.2 Å². The Hall–Kier alpha value is -2.10. The number of benzene rings is 1. The Kier molecular flexibility index (Phi) is 5.51. The standard InChI is InChI=1S/C13H17N3O/c1-2-6-12(10-15-16-13(14)17)9-11-7-4-3-5-8-11/h3-5,7-10H,2,6H2,1H3,(H3,14,16,17). The maximum Gasteiger partial charge on any atom is 0.332 e. The quantitative estimate of drug-likeness (QED) is 0.593. The van der Waals surface area contributed by atoms with Crippen LogP contribution in [0.5, 0.6) is 0 Å². The van der Waals surface area contributed by atoms with Crippen molar-refractivity contribution in [3.8, 4) is 0 Å². The van der Waals surface area contributed by atoms with Crippen molar-refractivity contribution in [2.45, 2.75) is 19.8 Å². The largest absolute Gasteiger partial charge is 0.350 e. The Balaban J connectivity index is 2.75. The number of nitrogens with zero attached hydrogens (tertiary/aromatic N) is 1. The van der Waals surface area contributed by atoms with E-state index in [0.29, 0.717) is 0 Å². The molecule has 0 radical (unpaired) electrons. The second-order valence-corrected chi connectivity index (χ2v) is 3.61. The molecule has 3 N–H and O–H groups in total. The highest BCUT2D eigenvalue weighted by molar-refractivity contribution is 5.86. The minimum atomic E-state index is -0.656. The molecule has 2 amide bonds. The first-order chi connectivity index (χ1) is 8.22. The van der Waals surface area contributed by atoms with Crippen LogP contribution in [0.1, 0.15) is 25.3 Å². The van der Waals surface area contributed by atoms with Gasteiger partial charge in [-0.2, -0.15) is 5.10 Å². The molecular formula is C13H17N3O. The molecule has 0 aromatic heterocycles. The van der Waals surface area contributed by atoms with Gasteiger partial charge in [-0.3, -0.25) is 0 Å². The predicted octanol–water partition coefficient (Wildman–Crippen LogP) is 2.52. The molecule has 1 aromatic rings. The fourth-order valence-corrected chi connectivity index (χ4v) is 1.40. The van der Waals surface area contributed by atoms with Crippen LogP contribution < -0.4 is 11.2 Å². The van der Waals surface area contributed by atoms with Gasteiger partial charge in [0, 0.05) is 0 Å². The normalized spacial score (nSPS) is 11.7. The highest BCUT2D eigenvalue weighted by Crippen LogP contribution is 2.09. The van der Waals surface area contributed by atoms with Gasteiger partial charge < -0.3 is 5.73 Å². The number of rotatable bonds is 5. The minimum Gasteiger partial charge on any atom is -0.350 e. The zero-order chi connectivity index (χ0) is 12.5. The van der Waals surface area contributed by atoms with Crippen LogP contribution in [0.3, 0.4) is 0 Å². The van der Waals surface area contributed by atoms with E-state index in [9.17, 15) is 4.79 Å². The summed E-state index contributed by atoms with van der Waals surface area (Å²) in [4.78, 5) is 10.5. The molecule has 0 spiro atoms. The molecule has 90 valence electrons. The summed E-state index contributed by atoms with van der Waals surface area (Å²) in [6, 6.07) is 9.31.